The fourth-order valence-electron chi connectivity index (χ4n) is 1.37. The molecule has 0 saturated carbocycles. The Balaban J connectivity index is 2.65. The Labute approximate surface area is 75.2 Å². The first kappa shape index (κ1) is 8.04. The highest BCUT2D eigenvalue weighted by Crippen LogP contribution is 2.31. The predicted molar refractivity (Wildman–Crippen MR) is 44.5 cm³/mol. The molecule has 68 valence electrons. The van der Waals surface area contributed by atoms with Gasteiger partial charge in [-0.15, -0.1) is 0 Å². The van der Waals surface area contributed by atoms with Crippen molar-refractivity contribution in [3.63, 3.8) is 0 Å². The lowest BCUT2D eigenvalue weighted by Gasteiger charge is -2.02. The second kappa shape index (κ2) is 2.45. The third-order valence-corrected chi connectivity index (χ3v) is 2.10. The van der Waals surface area contributed by atoms with Crippen LogP contribution in [0.25, 0.3) is 0 Å². The summed E-state index contributed by atoms with van der Waals surface area (Å²) in [5, 5.41) is 9.32. The maximum absolute atomic E-state index is 11.2. The van der Waals surface area contributed by atoms with Crippen LogP contribution in [0.4, 0.5) is 0 Å². The molecule has 4 heteroatoms. The molecule has 0 fully saturated rings. The third kappa shape index (κ3) is 1.06. The van der Waals surface area contributed by atoms with E-state index in [9.17, 15) is 9.90 Å². The minimum Gasteiger partial charge on any atom is -0.506 e. The number of ether oxygens (including phenoxy) is 1. The van der Waals surface area contributed by atoms with Gasteiger partial charge in [0.1, 0.15) is 11.9 Å². The standard InChI is InChI=1S/C9H9NO3/c1-4-7(11)3-6-8(10-4)5(2)13-9(6)12/h3,5,11H,1-2H3/t5-/m0/s1. The molecule has 2 heterocycles. The van der Waals surface area contributed by atoms with Crippen LogP contribution in [0.2, 0.25) is 0 Å². The smallest absolute Gasteiger partial charge is 0.340 e. The molecule has 0 bridgehead atoms. The Morgan fingerprint density at radius 2 is 2.31 bits per heavy atom. The van der Waals surface area contributed by atoms with Crippen LogP contribution in [0.3, 0.4) is 0 Å². The number of fused-ring (bicyclic) bond motifs is 1. The second-order valence-corrected chi connectivity index (χ2v) is 3.07. The number of aromatic hydroxyl groups is 1. The van der Waals surface area contributed by atoms with Gasteiger partial charge in [0.25, 0.3) is 0 Å². The second-order valence-electron chi connectivity index (χ2n) is 3.07. The summed E-state index contributed by atoms with van der Waals surface area (Å²) in [6.45, 7) is 3.44. The van der Waals surface area contributed by atoms with E-state index >= 15 is 0 Å². The van der Waals surface area contributed by atoms with Crippen molar-refractivity contribution in [3.05, 3.63) is 23.0 Å². The van der Waals surface area contributed by atoms with Gasteiger partial charge >= 0.3 is 5.97 Å². The van der Waals surface area contributed by atoms with Crippen molar-refractivity contribution in [3.8, 4) is 5.75 Å². The largest absolute Gasteiger partial charge is 0.506 e. The van der Waals surface area contributed by atoms with Gasteiger partial charge in [-0.05, 0) is 19.9 Å². The first-order valence-electron chi connectivity index (χ1n) is 4.01. The molecule has 2 rings (SSSR count). The van der Waals surface area contributed by atoms with Gasteiger partial charge in [-0.2, -0.15) is 0 Å². The van der Waals surface area contributed by atoms with Gasteiger partial charge < -0.3 is 9.84 Å². The quantitative estimate of drug-likeness (QED) is 0.610. The van der Waals surface area contributed by atoms with E-state index in [1.165, 1.54) is 6.07 Å². The summed E-state index contributed by atoms with van der Waals surface area (Å²) < 4.78 is 4.93. The molecule has 4 nitrogen and oxygen atoms in total. The Kier molecular flexibility index (Phi) is 1.52. The maximum atomic E-state index is 11.2. The number of nitrogens with zero attached hydrogens (tertiary/aromatic N) is 1. The average molecular weight is 179 g/mol. The number of rotatable bonds is 0. The van der Waals surface area contributed by atoms with Gasteiger partial charge in [-0.1, -0.05) is 0 Å². The van der Waals surface area contributed by atoms with Crippen LogP contribution in [0, 0.1) is 6.92 Å². The Morgan fingerprint density at radius 3 is 3.00 bits per heavy atom. The topological polar surface area (TPSA) is 59.4 Å². The fourth-order valence-corrected chi connectivity index (χ4v) is 1.37. The van der Waals surface area contributed by atoms with Crippen molar-refractivity contribution in [2.45, 2.75) is 20.0 Å². The molecule has 0 amide bonds. The molecule has 0 saturated heterocycles. The molecular formula is C9H9NO3. The highest BCUT2D eigenvalue weighted by Gasteiger charge is 2.30. The van der Waals surface area contributed by atoms with E-state index in [2.05, 4.69) is 4.98 Å². The van der Waals surface area contributed by atoms with Crippen molar-refractivity contribution >= 4 is 5.97 Å². The average Bonchev–Trinajstić information content (AvgIpc) is 2.31. The van der Waals surface area contributed by atoms with E-state index in [0.29, 0.717) is 17.0 Å². The van der Waals surface area contributed by atoms with Gasteiger partial charge in [0.05, 0.1) is 17.0 Å². The summed E-state index contributed by atoms with van der Waals surface area (Å²) in [5.74, 6) is -0.380. The number of carbonyl (C=O) groups excluding carboxylic acids is 1. The molecule has 13 heavy (non-hydrogen) atoms. The Bertz CT molecular complexity index is 387. The molecule has 0 unspecified atom stereocenters. The number of cyclic esters (lactones) is 1. The zero-order valence-electron chi connectivity index (χ0n) is 7.37. The number of aryl methyl sites for hydroxylation is 1. The van der Waals surface area contributed by atoms with Gasteiger partial charge in [0, 0.05) is 0 Å². The van der Waals surface area contributed by atoms with E-state index in [1.54, 1.807) is 13.8 Å². The van der Waals surface area contributed by atoms with Crippen molar-refractivity contribution < 1.29 is 14.6 Å². The summed E-state index contributed by atoms with van der Waals surface area (Å²) in [6, 6.07) is 1.41. The van der Waals surface area contributed by atoms with Gasteiger partial charge in [-0.3, -0.25) is 0 Å². The van der Waals surface area contributed by atoms with E-state index in [1.807, 2.05) is 0 Å². The lowest BCUT2D eigenvalue weighted by atomic mass is 10.1. The fraction of sp³-hybridized carbons (Fsp3) is 0.333. The van der Waals surface area contributed by atoms with E-state index in [0.717, 1.165) is 0 Å². The van der Waals surface area contributed by atoms with E-state index in [4.69, 9.17) is 4.74 Å². The number of hydrogen-bond acceptors (Lipinski definition) is 4. The van der Waals surface area contributed by atoms with Gasteiger partial charge in [0.2, 0.25) is 0 Å². The van der Waals surface area contributed by atoms with Crippen molar-refractivity contribution in [2.24, 2.45) is 0 Å². The summed E-state index contributed by atoms with van der Waals surface area (Å²) in [4.78, 5) is 15.3. The molecule has 0 aliphatic carbocycles. The lowest BCUT2D eigenvalue weighted by Crippen LogP contribution is -1.95. The number of hydrogen-bond donors (Lipinski definition) is 1. The van der Waals surface area contributed by atoms with Crippen LogP contribution in [-0.2, 0) is 4.74 Å². The van der Waals surface area contributed by atoms with Crippen LogP contribution < -0.4 is 0 Å². The zero-order chi connectivity index (χ0) is 9.59. The molecule has 1 atom stereocenters. The van der Waals surface area contributed by atoms with Crippen LogP contribution in [0.5, 0.6) is 5.75 Å². The summed E-state index contributed by atoms with van der Waals surface area (Å²) in [7, 11) is 0. The minimum absolute atomic E-state index is 0.0322. The van der Waals surface area contributed by atoms with E-state index in [-0.39, 0.29) is 11.9 Å². The van der Waals surface area contributed by atoms with Gasteiger partial charge in [0.15, 0.2) is 0 Å². The Hall–Kier alpha value is -1.58. The normalized spacial score (nSPS) is 19.8. The van der Waals surface area contributed by atoms with Crippen LogP contribution in [0.15, 0.2) is 6.07 Å². The van der Waals surface area contributed by atoms with Crippen LogP contribution in [-0.4, -0.2) is 16.1 Å². The maximum Gasteiger partial charge on any atom is 0.340 e. The zero-order valence-corrected chi connectivity index (χ0v) is 7.37. The lowest BCUT2D eigenvalue weighted by molar-refractivity contribution is 0.0417. The van der Waals surface area contributed by atoms with Gasteiger partial charge in [-0.25, -0.2) is 9.78 Å². The molecule has 1 aliphatic heterocycles. The molecule has 1 N–H and O–H groups in total. The summed E-state index contributed by atoms with van der Waals surface area (Å²) >= 11 is 0. The van der Waals surface area contributed by atoms with Crippen molar-refractivity contribution in [1.82, 2.24) is 4.98 Å². The van der Waals surface area contributed by atoms with Crippen LogP contribution in [0.1, 0.15) is 34.8 Å². The first-order valence-corrected chi connectivity index (χ1v) is 4.01. The van der Waals surface area contributed by atoms with Crippen molar-refractivity contribution in [2.75, 3.05) is 0 Å². The molecule has 1 aromatic rings. The number of carbonyl (C=O) groups is 1. The third-order valence-electron chi connectivity index (χ3n) is 2.10. The first-order chi connectivity index (χ1) is 6.09. The molecule has 0 aromatic carbocycles. The number of pyridine rings is 1. The SMILES string of the molecule is Cc1nc2c(cc1O)C(=O)O[C@H]2C. The molecule has 0 spiro atoms. The summed E-state index contributed by atoms with van der Waals surface area (Å²) in [5.41, 5.74) is 1.50. The van der Waals surface area contributed by atoms with Crippen LogP contribution >= 0.6 is 0 Å². The highest BCUT2D eigenvalue weighted by molar-refractivity contribution is 5.93. The molecule has 1 aliphatic rings. The predicted octanol–water partition coefficient (Wildman–Crippen LogP) is 1.33. The molecular weight excluding hydrogens is 170 g/mol. The number of esters is 1. The monoisotopic (exact) mass is 179 g/mol. The highest BCUT2D eigenvalue weighted by atomic mass is 16.5. The van der Waals surface area contributed by atoms with E-state index < -0.39 is 5.97 Å². The minimum atomic E-state index is -0.412. The molecule has 0 radical (unpaired) electrons. The number of aromatic nitrogens is 1. The van der Waals surface area contributed by atoms with Crippen molar-refractivity contribution in [1.29, 1.82) is 0 Å². The summed E-state index contributed by atoms with van der Waals surface area (Å²) in [6.07, 6.45) is -0.304. The Morgan fingerprint density at radius 1 is 1.62 bits per heavy atom. The molecule has 1 aromatic heterocycles.